The minimum atomic E-state index is 0. The Labute approximate surface area is 297 Å². The third kappa shape index (κ3) is 5.04. The normalized spacial score (nSPS) is 11.5. The van der Waals surface area contributed by atoms with E-state index in [0.29, 0.717) is 11.5 Å². The number of aryl methyl sites for hydroxylation is 4. The van der Waals surface area contributed by atoms with Gasteiger partial charge in [-0.3, -0.25) is 0 Å². The molecular weight excluding hydrogens is 788 g/mol. The monoisotopic (exact) mass is 817 g/mol. The SMILES string of the molecule is Cc1cc(C)c2c(c1)c1cc(C)cc(C)c1n2-c1ccnc(-n2c3[c-]c(Oc4[c-]c(-n5ccnn5)ccc4)ccc3c3ccccc32)c1.[Pt+2]. The van der Waals surface area contributed by atoms with Gasteiger partial charge in [-0.2, -0.15) is 12.1 Å². The topological polar surface area (TPSA) is 62.7 Å². The Balaban J connectivity index is 0.00000348. The van der Waals surface area contributed by atoms with Crippen LogP contribution in [0, 0.1) is 39.8 Å². The third-order valence-corrected chi connectivity index (χ3v) is 9.04. The molecule has 240 valence electrons. The first kappa shape index (κ1) is 30.8. The molecule has 0 bridgehead atoms. The fourth-order valence-electron chi connectivity index (χ4n) is 7.22. The summed E-state index contributed by atoms with van der Waals surface area (Å²) in [6, 6.07) is 38.4. The van der Waals surface area contributed by atoms with Crippen molar-refractivity contribution < 1.29 is 25.8 Å². The molecule has 0 unspecified atom stereocenters. The summed E-state index contributed by atoms with van der Waals surface area (Å²) in [5, 5.41) is 12.7. The Kier molecular flexibility index (Phi) is 7.46. The fourth-order valence-corrected chi connectivity index (χ4v) is 7.22. The summed E-state index contributed by atoms with van der Waals surface area (Å²) in [6.07, 6.45) is 5.31. The number of para-hydroxylation sites is 1. The molecule has 0 amide bonds. The standard InChI is InChI=1S/C41H30N6O.Pt/c1-25-18-27(3)40-35(20-25)36-21-26(2)19-28(4)41(36)46(40)30-14-15-42-39(23-30)47-37-11-6-5-10-33(37)34-13-12-32(24-38(34)47)48-31-9-7-8-29(22-31)45-17-16-43-44-45;/h5-21,23H,1-4H3;/q-2;+2. The van der Waals surface area contributed by atoms with Crippen LogP contribution in [0.1, 0.15) is 22.3 Å². The molecule has 4 aromatic heterocycles. The van der Waals surface area contributed by atoms with Gasteiger partial charge in [0, 0.05) is 46.2 Å². The molecule has 4 heterocycles. The van der Waals surface area contributed by atoms with Crippen LogP contribution in [0.15, 0.2) is 110 Å². The first-order valence-electron chi connectivity index (χ1n) is 15.9. The fraction of sp³-hybridized carbons (Fsp3) is 0.0976. The Hall–Kier alpha value is -5.52. The minimum Gasteiger partial charge on any atom is -0.509 e. The van der Waals surface area contributed by atoms with E-state index in [1.54, 1.807) is 17.1 Å². The maximum atomic E-state index is 6.33. The number of ether oxygens (including phenoxy) is 1. The van der Waals surface area contributed by atoms with Gasteiger partial charge in [-0.15, -0.1) is 40.8 Å². The van der Waals surface area contributed by atoms with Gasteiger partial charge in [0.25, 0.3) is 0 Å². The molecular formula is C41H30N6OPt. The van der Waals surface area contributed by atoms with Crippen LogP contribution in [-0.2, 0) is 21.1 Å². The summed E-state index contributed by atoms with van der Waals surface area (Å²) in [7, 11) is 0. The van der Waals surface area contributed by atoms with E-state index in [-0.39, 0.29) is 21.1 Å². The molecule has 7 nitrogen and oxygen atoms in total. The zero-order chi connectivity index (χ0) is 32.5. The maximum absolute atomic E-state index is 6.33. The summed E-state index contributed by atoms with van der Waals surface area (Å²) in [5.74, 6) is 1.94. The van der Waals surface area contributed by atoms with E-state index < -0.39 is 0 Å². The summed E-state index contributed by atoms with van der Waals surface area (Å²) < 4.78 is 12.6. The number of aromatic nitrogens is 6. The van der Waals surface area contributed by atoms with Gasteiger partial charge in [-0.25, -0.2) is 9.67 Å². The second kappa shape index (κ2) is 11.9. The van der Waals surface area contributed by atoms with Crippen molar-refractivity contribution in [3.05, 3.63) is 144 Å². The predicted molar refractivity (Wildman–Crippen MR) is 191 cm³/mol. The molecule has 9 rings (SSSR count). The maximum Gasteiger partial charge on any atom is 2.00 e. The van der Waals surface area contributed by atoms with Crippen LogP contribution in [0.4, 0.5) is 0 Å². The number of hydrogen-bond acceptors (Lipinski definition) is 4. The largest absolute Gasteiger partial charge is 2.00 e. The van der Waals surface area contributed by atoms with Gasteiger partial charge < -0.3 is 13.9 Å². The molecule has 0 radical (unpaired) electrons. The van der Waals surface area contributed by atoms with Crippen LogP contribution in [-0.4, -0.2) is 29.1 Å². The van der Waals surface area contributed by atoms with Crippen LogP contribution >= 0.6 is 0 Å². The van der Waals surface area contributed by atoms with E-state index in [1.165, 1.54) is 44.1 Å². The van der Waals surface area contributed by atoms with Crippen molar-refractivity contribution in [1.82, 2.24) is 29.1 Å². The Bertz CT molecular complexity index is 2640. The summed E-state index contributed by atoms with van der Waals surface area (Å²) in [5.41, 5.74) is 11.2. The van der Waals surface area contributed by atoms with Gasteiger partial charge in [0.2, 0.25) is 0 Å². The number of hydrogen-bond donors (Lipinski definition) is 0. The first-order valence-corrected chi connectivity index (χ1v) is 15.9. The summed E-state index contributed by atoms with van der Waals surface area (Å²) in [6.45, 7) is 8.76. The van der Waals surface area contributed by atoms with E-state index in [0.717, 1.165) is 39.0 Å². The Morgan fingerprint density at radius 1 is 0.633 bits per heavy atom. The van der Waals surface area contributed by atoms with Gasteiger partial charge >= 0.3 is 21.1 Å². The quantitative estimate of drug-likeness (QED) is 0.163. The van der Waals surface area contributed by atoms with Crippen LogP contribution < -0.4 is 4.74 Å². The van der Waals surface area contributed by atoms with E-state index in [9.17, 15) is 0 Å². The van der Waals surface area contributed by atoms with E-state index in [2.05, 4.69) is 126 Å². The third-order valence-electron chi connectivity index (χ3n) is 9.04. The average Bonchev–Trinajstić information content (AvgIpc) is 3.81. The van der Waals surface area contributed by atoms with Crippen molar-refractivity contribution in [3.8, 4) is 28.7 Å². The molecule has 0 aliphatic heterocycles. The van der Waals surface area contributed by atoms with E-state index in [1.807, 2.05) is 30.5 Å². The number of fused-ring (bicyclic) bond motifs is 6. The van der Waals surface area contributed by atoms with Gasteiger partial charge in [0.15, 0.2) is 0 Å². The number of benzene rings is 5. The first-order chi connectivity index (χ1) is 23.4. The molecule has 0 aliphatic rings. The van der Waals surface area contributed by atoms with Gasteiger partial charge in [-0.05, 0) is 74.2 Å². The molecule has 0 N–H and O–H groups in total. The molecule has 0 atom stereocenters. The van der Waals surface area contributed by atoms with Crippen LogP contribution in [0.2, 0.25) is 0 Å². The number of pyridine rings is 1. The van der Waals surface area contributed by atoms with Crippen LogP contribution in [0.25, 0.3) is 60.8 Å². The molecule has 49 heavy (non-hydrogen) atoms. The Morgan fingerprint density at radius 3 is 2.10 bits per heavy atom. The molecule has 0 saturated heterocycles. The van der Waals surface area contributed by atoms with Crippen molar-refractivity contribution in [2.45, 2.75) is 27.7 Å². The second-order valence-electron chi connectivity index (χ2n) is 12.5. The van der Waals surface area contributed by atoms with Crippen molar-refractivity contribution >= 4 is 43.6 Å². The van der Waals surface area contributed by atoms with Crippen molar-refractivity contribution in [2.75, 3.05) is 0 Å². The summed E-state index contributed by atoms with van der Waals surface area (Å²) in [4.78, 5) is 4.95. The van der Waals surface area contributed by atoms with Gasteiger partial charge in [0.1, 0.15) is 5.82 Å². The average molecular weight is 818 g/mol. The van der Waals surface area contributed by atoms with Crippen LogP contribution in [0.3, 0.4) is 0 Å². The van der Waals surface area contributed by atoms with Crippen LogP contribution in [0.5, 0.6) is 11.5 Å². The molecule has 0 saturated carbocycles. The van der Waals surface area contributed by atoms with Crippen molar-refractivity contribution in [3.63, 3.8) is 0 Å². The second-order valence-corrected chi connectivity index (χ2v) is 12.5. The molecule has 9 aromatic rings. The van der Waals surface area contributed by atoms with E-state index in [4.69, 9.17) is 9.72 Å². The number of nitrogens with zero attached hydrogens (tertiary/aromatic N) is 6. The zero-order valence-corrected chi connectivity index (χ0v) is 29.6. The zero-order valence-electron chi connectivity index (χ0n) is 27.3. The molecule has 5 aromatic carbocycles. The molecule has 0 spiro atoms. The van der Waals surface area contributed by atoms with Crippen molar-refractivity contribution in [2.24, 2.45) is 0 Å². The number of rotatable bonds is 5. The molecule has 0 fully saturated rings. The Morgan fingerprint density at radius 2 is 1.37 bits per heavy atom. The summed E-state index contributed by atoms with van der Waals surface area (Å²) >= 11 is 0. The minimum absolute atomic E-state index is 0. The predicted octanol–water partition coefficient (Wildman–Crippen LogP) is 9.48. The van der Waals surface area contributed by atoms with E-state index >= 15 is 0 Å². The van der Waals surface area contributed by atoms with Gasteiger partial charge in [0.05, 0.1) is 22.9 Å². The molecule has 8 heteroatoms. The molecule has 0 aliphatic carbocycles. The smallest absolute Gasteiger partial charge is 0.509 e. The van der Waals surface area contributed by atoms with Crippen molar-refractivity contribution in [1.29, 1.82) is 0 Å². The van der Waals surface area contributed by atoms with Gasteiger partial charge in [-0.1, -0.05) is 52.2 Å².